The Morgan fingerprint density at radius 1 is 1.16 bits per heavy atom. The number of nitrogens with one attached hydrogen (secondary N) is 1. The highest BCUT2D eigenvalue weighted by atomic mass is 15.4. The Morgan fingerprint density at radius 2 is 2.00 bits per heavy atom. The first-order valence-corrected chi connectivity index (χ1v) is 6.05. The third kappa shape index (κ3) is 1.52. The van der Waals surface area contributed by atoms with Crippen molar-refractivity contribution in [2.75, 3.05) is 5.32 Å². The van der Waals surface area contributed by atoms with Crippen LogP contribution in [0.2, 0.25) is 0 Å². The number of aryl methyl sites for hydroxylation is 1. The molecule has 0 aliphatic carbocycles. The summed E-state index contributed by atoms with van der Waals surface area (Å²) in [4.78, 5) is 8.61. The Labute approximate surface area is 109 Å². The van der Waals surface area contributed by atoms with Crippen LogP contribution in [0.25, 0.3) is 10.8 Å². The second-order valence-electron chi connectivity index (χ2n) is 4.51. The molecule has 0 saturated heterocycles. The molecule has 0 fully saturated rings. The average Bonchev–Trinajstić information content (AvgIpc) is 2.97. The van der Waals surface area contributed by atoms with Crippen LogP contribution in [0, 0.1) is 0 Å². The molecule has 4 rings (SSSR count). The smallest absolute Gasteiger partial charge is 0.270 e. The van der Waals surface area contributed by atoms with E-state index in [1.165, 1.54) is 10.8 Å². The molecule has 2 heterocycles. The van der Waals surface area contributed by atoms with Gasteiger partial charge in [-0.2, -0.15) is 9.98 Å². The van der Waals surface area contributed by atoms with E-state index in [0.717, 1.165) is 17.1 Å². The number of nitrogens with zero attached hydrogens (tertiary/aromatic N) is 4. The van der Waals surface area contributed by atoms with Crippen molar-refractivity contribution in [1.29, 1.82) is 0 Å². The third-order valence-electron chi connectivity index (χ3n) is 3.21. The first-order valence-electron chi connectivity index (χ1n) is 6.05. The summed E-state index contributed by atoms with van der Waals surface area (Å²) in [6.07, 6.45) is 1.64. The largest absolute Gasteiger partial charge is 0.339 e. The van der Waals surface area contributed by atoms with Gasteiger partial charge in [-0.05, 0) is 11.5 Å². The number of anilines is 1. The van der Waals surface area contributed by atoms with Crippen LogP contribution < -0.4 is 5.32 Å². The highest BCUT2D eigenvalue weighted by molar-refractivity contribution is 6.26. The van der Waals surface area contributed by atoms with E-state index in [0.29, 0.717) is 5.95 Å². The second-order valence-corrected chi connectivity index (χ2v) is 4.51. The lowest BCUT2D eigenvalue weighted by Crippen LogP contribution is -2.06. The SMILES string of the molecule is Cn1cnc(/N=C2\Nc3cccc4cccc2c34)n1. The molecule has 1 aromatic heterocycles. The Hall–Kier alpha value is -2.69. The Balaban J connectivity index is 1.92. The molecule has 0 bridgehead atoms. The molecule has 19 heavy (non-hydrogen) atoms. The van der Waals surface area contributed by atoms with Crippen molar-refractivity contribution in [3.8, 4) is 0 Å². The van der Waals surface area contributed by atoms with Crippen molar-refractivity contribution in [1.82, 2.24) is 14.8 Å². The monoisotopic (exact) mass is 249 g/mol. The van der Waals surface area contributed by atoms with E-state index in [-0.39, 0.29) is 0 Å². The summed E-state index contributed by atoms with van der Waals surface area (Å²) >= 11 is 0. The third-order valence-corrected chi connectivity index (χ3v) is 3.21. The number of amidine groups is 1. The van der Waals surface area contributed by atoms with Crippen LogP contribution in [0.15, 0.2) is 47.7 Å². The maximum absolute atomic E-state index is 4.48. The fourth-order valence-electron chi connectivity index (χ4n) is 2.40. The summed E-state index contributed by atoms with van der Waals surface area (Å²) in [5.41, 5.74) is 2.18. The van der Waals surface area contributed by atoms with E-state index in [2.05, 4.69) is 44.7 Å². The predicted octanol–water partition coefficient (Wildman–Crippen LogP) is 2.47. The zero-order valence-corrected chi connectivity index (χ0v) is 10.3. The zero-order chi connectivity index (χ0) is 12.8. The molecule has 2 aromatic carbocycles. The fourth-order valence-corrected chi connectivity index (χ4v) is 2.40. The van der Waals surface area contributed by atoms with Crippen LogP contribution in [0.5, 0.6) is 0 Å². The normalized spacial score (nSPS) is 15.1. The first kappa shape index (κ1) is 10.3. The summed E-state index contributed by atoms with van der Waals surface area (Å²) in [5.74, 6) is 1.27. The summed E-state index contributed by atoms with van der Waals surface area (Å²) in [6.45, 7) is 0. The van der Waals surface area contributed by atoms with Crippen LogP contribution in [-0.2, 0) is 7.05 Å². The van der Waals surface area contributed by atoms with Crippen molar-refractivity contribution >= 4 is 28.2 Å². The van der Waals surface area contributed by atoms with Crippen molar-refractivity contribution in [3.05, 3.63) is 48.3 Å². The summed E-state index contributed by atoms with van der Waals surface area (Å²) < 4.78 is 1.64. The van der Waals surface area contributed by atoms with Crippen LogP contribution in [-0.4, -0.2) is 20.6 Å². The van der Waals surface area contributed by atoms with E-state index in [4.69, 9.17) is 0 Å². The van der Waals surface area contributed by atoms with Gasteiger partial charge < -0.3 is 5.32 Å². The lowest BCUT2D eigenvalue weighted by Gasteiger charge is -1.98. The van der Waals surface area contributed by atoms with Crippen molar-refractivity contribution in [2.24, 2.45) is 12.0 Å². The van der Waals surface area contributed by atoms with E-state index < -0.39 is 0 Å². The quantitative estimate of drug-likeness (QED) is 0.720. The van der Waals surface area contributed by atoms with Crippen molar-refractivity contribution in [2.45, 2.75) is 0 Å². The molecule has 1 N–H and O–H groups in total. The van der Waals surface area contributed by atoms with E-state index >= 15 is 0 Å². The van der Waals surface area contributed by atoms with Crippen LogP contribution in [0.1, 0.15) is 5.56 Å². The fraction of sp³-hybridized carbons (Fsp3) is 0.0714. The van der Waals surface area contributed by atoms with Gasteiger partial charge in [0.25, 0.3) is 5.95 Å². The highest BCUT2D eigenvalue weighted by Crippen LogP contribution is 2.33. The van der Waals surface area contributed by atoms with Gasteiger partial charge in [0.1, 0.15) is 12.2 Å². The number of benzene rings is 2. The molecular formula is C14H11N5. The van der Waals surface area contributed by atoms with Crippen molar-refractivity contribution in [3.63, 3.8) is 0 Å². The van der Waals surface area contributed by atoms with Gasteiger partial charge in [0, 0.05) is 23.7 Å². The molecule has 3 aromatic rings. The average molecular weight is 249 g/mol. The minimum absolute atomic E-state index is 0.467. The van der Waals surface area contributed by atoms with Crippen LogP contribution in [0.4, 0.5) is 11.6 Å². The molecule has 0 saturated carbocycles. The molecule has 0 unspecified atom stereocenters. The first-order chi connectivity index (χ1) is 9.31. The van der Waals surface area contributed by atoms with Gasteiger partial charge in [-0.25, -0.2) is 0 Å². The lowest BCUT2D eigenvalue weighted by atomic mass is 10.1. The standard InChI is InChI=1S/C14H11N5/c1-19-8-15-14(18-19)17-13-10-6-2-4-9-5-3-7-11(16-13)12(9)10/h2-8H,1H3,(H,16,17,18). The topological polar surface area (TPSA) is 55.1 Å². The zero-order valence-electron chi connectivity index (χ0n) is 10.3. The summed E-state index contributed by atoms with van der Waals surface area (Å²) in [6, 6.07) is 12.4. The number of aromatic nitrogens is 3. The molecule has 0 radical (unpaired) electrons. The van der Waals surface area contributed by atoms with Crippen molar-refractivity contribution < 1.29 is 0 Å². The highest BCUT2D eigenvalue weighted by Gasteiger charge is 2.19. The molecule has 5 nitrogen and oxygen atoms in total. The molecular weight excluding hydrogens is 238 g/mol. The Bertz CT molecular complexity index is 810. The van der Waals surface area contributed by atoms with Gasteiger partial charge in [0.15, 0.2) is 0 Å². The summed E-state index contributed by atoms with van der Waals surface area (Å²) in [5, 5.41) is 9.92. The number of rotatable bonds is 1. The predicted molar refractivity (Wildman–Crippen MR) is 74.8 cm³/mol. The molecule has 1 aliphatic rings. The Morgan fingerprint density at radius 3 is 2.79 bits per heavy atom. The maximum Gasteiger partial charge on any atom is 0.270 e. The van der Waals surface area contributed by atoms with Gasteiger partial charge in [-0.3, -0.25) is 4.68 Å². The molecule has 0 spiro atoms. The molecule has 5 heteroatoms. The number of hydrogen-bond acceptors (Lipinski definition) is 3. The minimum atomic E-state index is 0.467. The van der Waals surface area contributed by atoms with Gasteiger partial charge in [-0.15, -0.1) is 5.10 Å². The van der Waals surface area contributed by atoms with Crippen LogP contribution in [0.3, 0.4) is 0 Å². The molecule has 1 aliphatic heterocycles. The van der Waals surface area contributed by atoms with Gasteiger partial charge in [0.05, 0.1) is 0 Å². The lowest BCUT2D eigenvalue weighted by molar-refractivity contribution is 0.766. The van der Waals surface area contributed by atoms with Crippen LogP contribution >= 0.6 is 0 Å². The van der Waals surface area contributed by atoms with E-state index in [1.54, 1.807) is 11.0 Å². The number of aliphatic imine (C=N–C) groups is 1. The van der Waals surface area contributed by atoms with Gasteiger partial charge in [0.2, 0.25) is 0 Å². The van der Waals surface area contributed by atoms with E-state index in [1.807, 2.05) is 19.2 Å². The van der Waals surface area contributed by atoms with E-state index in [9.17, 15) is 0 Å². The number of hydrogen-bond donors (Lipinski definition) is 1. The second kappa shape index (κ2) is 3.65. The molecule has 92 valence electrons. The maximum atomic E-state index is 4.48. The van der Waals surface area contributed by atoms with Gasteiger partial charge in [-0.1, -0.05) is 30.3 Å². The molecule has 0 atom stereocenters. The minimum Gasteiger partial charge on any atom is -0.339 e. The van der Waals surface area contributed by atoms with Gasteiger partial charge >= 0.3 is 0 Å². The molecule has 0 amide bonds. The Kier molecular flexibility index (Phi) is 1.97. The summed E-state index contributed by atoms with van der Waals surface area (Å²) in [7, 11) is 1.83.